The molecule has 5 nitrogen and oxygen atoms in total. The summed E-state index contributed by atoms with van der Waals surface area (Å²) in [6.45, 7) is 0.849. The van der Waals surface area contributed by atoms with E-state index in [0.717, 1.165) is 12.3 Å². The summed E-state index contributed by atoms with van der Waals surface area (Å²) in [5, 5.41) is 13.9. The first-order valence-electron chi connectivity index (χ1n) is 6.17. The van der Waals surface area contributed by atoms with Crippen molar-refractivity contribution in [1.29, 1.82) is 5.26 Å². The number of benzene rings is 1. The van der Waals surface area contributed by atoms with Crippen LogP contribution in [-0.4, -0.2) is 26.2 Å². The molecule has 0 bridgehead atoms. The van der Waals surface area contributed by atoms with Gasteiger partial charge in [-0.15, -0.1) is 0 Å². The number of hydrogen-bond donors (Lipinski definition) is 2. The fourth-order valence-electron chi connectivity index (χ4n) is 1.42. The zero-order valence-electron chi connectivity index (χ0n) is 11.5. The number of rotatable bonds is 7. The highest BCUT2D eigenvalue weighted by atomic mass is 19.1. The Morgan fingerprint density at radius 3 is 2.86 bits per heavy atom. The van der Waals surface area contributed by atoms with Crippen LogP contribution in [0.3, 0.4) is 0 Å². The second-order valence-corrected chi connectivity index (χ2v) is 4.04. The third kappa shape index (κ3) is 5.58. The highest BCUT2D eigenvalue weighted by molar-refractivity contribution is 5.97. The van der Waals surface area contributed by atoms with E-state index in [1.165, 1.54) is 6.07 Å². The number of carbonyl (C=O) groups is 1. The van der Waals surface area contributed by atoms with Crippen LogP contribution in [0.5, 0.6) is 0 Å². The van der Waals surface area contributed by atoms with E-state index in [9.17, 15) is 13.6 Å². The molecule has 0 radical (unpaired) electrons. The van der Waals surface area contributed by atoms with E-state index in [2.05, 4.69) is 10.6 Å². The zero-order valence-corrected chi connectivity index (χ0v) is 11.5. The SMILES string of the molecule is COCCCNC(=O)/C(C#N)=C\Nc1ccc(F)cc1F. The molecule has 1 rings (SSSR count). The average molecular weight is 295 g/mol. The van der Waals surface area contributed by atoms with Crippen LogP contribution in [0.25, 0.3) is 0 Å². The number of nitrogens with zero attached hydrogens (tertiary/aromatic N) is 1. The van der Waals surface area contributed by atoms with Crippen molar-refractivity contribution >= 4 is 11.6 Å². The molecule has 21 heavy (non-hydrogen) atoms. The molecule has 0 aliphatic heterocycles. The smallest absolute Gasteiger partial charge is 0.263 e. The highest BCUT2D eigenvalue weighted by Crippen LogP contribution is 2.15. The molecule has 112 valence electrons. The molecule has 1 amide bonds. The molecule has 0 heterocycles. The number of ether oxygens (including phenoxy) is 1. The maximum atomic E-state index is 13.4. The van der Waals surface area contributed by atoms with Crippen LogP contribution in [0.4, 0.5) is 14.5 Å². The third-order valence-corrected chi connectivity index (χ3v) is 2.48. The summed E-state index contributed by atoms with van der Waals surface area (Å²) in [6.07, 6.45) is 1.68. The van der Waals surface area contributed by atoms with Gasteiger partial charge in [-0.1, -0.05) is 0 Å². The predicted octanol–water partition coefficient (Wildman–Crippen LogP) is 1.94. The van der Waals surface area contributed by atoms with Gasteiger partial charge in [-0.2, -0.15) is 5.26 Å². The van der Waals surface area contributed by atoms with E-state index in [0.29, 0.717) is 25.6 Å². The Labute approximate surface area is 121 Å². The fourth-order valence-corrected chi connectivity index (χ4v) is 1.42. The normalized spacial score (nSPS) is 10.9. The number of carbonyl (C=O) groups excluding carboxylic acids is 1. The van der Waals surface area contributed by atoms with E-state index in [1.807, 2.05) is 0 Å². The van der Waals surface area contributed by atoms with Crippen LogP contribution in [0.15, 0.2) is 30.0 Å². The first-order chi connectivity index (χ1) is 10.1. The molecule has 2 N–H and O–H groups in total. The molecule has 0 aliphatic rings. The summed E-state index contributed by atoms with van der Waals surface area (Å²) >= 11 is 0. The lowest BCUT2D eigenvalue weighted by Crippen LogP contribution is -2.26. The summed E-state index contributed by atoms with van der Waals surface area (Å²) < 4.78 is 30.9. The van der Waals surface area contributed by atoms with E-state index < -0.39 is 17.5 Å². The molecule has 0 aliphatic carbocycles. The Bertz CT molecular complexity index is 568. The number of nitrogens with one attached hydrogen (secondary N) is 2. The number of halogens is 2. The Morgan fingerprint density at radius 1 is 1.48 bits per heavy atom. The maximum Gasteiger partial charge on any atom is 0.263 e. The van der Waals surface area contributed by atoms with Crippen molar-refractivity contribution in [2.45, 2.75) is 6.42 Å². The minimum absolute atomic E-state index is 0.0312. The van der Waals surface area contributed by atoms with Crippen LogP contribution in [0, 0.1) is 23.0 Å². The lowest BCUT2D eigenvalue weighted by Gasteiger charge is -2.05. The molecule has 0 spiro atoms. The zero-order chi connectivity index (χ0) is 15.7. The van der Waals surface area contributed by atoms with E-state index in [4.69, 9.17) is 10.00 Å². The molecule has 1 aromatic carbocycles. The summed E-state index contributed by atoms with van der Waals surface area (Å²) in [5.74, 6) is -2.11. The molecule has 0 unspecified atom stereocenters. The number of methoxy groups -OCH3 is 1. The molecular weight excluding hydrogens is 280 g/mol. The van der Waals surface area contributed by atoms with E-state index >= 15 is 0 Å². The Morgan fingerprint density at radius 2 is 2.24 bits per heavy atom. The Hall–Kier alpha value is -2.46. The van der Waals surface area contributed by atoms with Gasteiger partial charge in [0.25, 0.3) is 5.91 Å². The largest absolute Gasteiger partial charge is 0.385 e. The van der Waals surface area contributed by atoms with Gasteiger partial charge < -0.3 is 15.4 Å². The van der Waals surface area contributed by atoms with Crippen LogP contribution >= 0.6 is 0 Å². The summed E-state index contributed by atoms with van der Waals surface area (Å²) in [4.78, 5) is 11.7. The van der Waals surface area contributed by atoms with Crippen molar-refractivity contribution < 1.29 is 18.3 Å². The highest BCUT2D eigenvalue weighted by Gasteiger charge is 2.09. The fraction of sp³-hybridized carbons (Fsp3) is 0.286. The maximum absolute atomic E-state index is 13.4. The van der Waals surface area contributed by atoms with Crippen LogP contribution in [-0.2, 0) is 9.53 Å². The van der Waals surface area contributed by atoms with Gasteiger partial charge >= 0.3 is 0 Å². The molecule has 7 heteroatoms. The summed E-state index contributed by atoms with van der Waals surface area (Å²) in [6, 6.07) is 4.64. The van der Waals surface area contributed by atoms with Crippen LogP contribution in [0.2, 0.25) is 0 Å². The van der Waals surface area contributed by atoms with Crippen LogP contribution < -0.4 is 10.6 Å². The molecule has 0 atom stereocenters. The molecular formula is C14H15F2N3O2. The third-order valence-electron chi connectivity index (χ3n) is 2.48. The standard InChI is InChI=1S/C14H15F2N3O2/c1-21-6-2-5-18-14(20)10(8-17)9-19-13-4-3-11(15)7-12(13)16/h3-4,7,9,19H,2,5-6H2,1H3,(H,18,20)/b10-9-. The Kier molecular flexibility index (Phi) is 6.84. The topological polar surface area (TPSA) is 74.1 Å². The molecule has 1 aromatic rings. The number of amides is 1. The van der Waals surface area contributed by atoms with Gasteiger partial charge in [0.05, 0.1) is 5.69 Å². The van der Waals surface area contributed by atoms with Crippen molar-refractivity contribution in [3.63, 3.8) is 0 Å². The van der Waals surface area contributed by atoms with Gasteiger partial charge in [0.15, 0.2) is 0 Å². The first-order valence-corrected chi connectivity index (χ1v) is 6.17. The number of hydrogen-bond acceptors (Lipinski definition) is 4. The van der Waals surface area contributed by atoms with Crippen molar-refractivity contribution in [2.75, 3.05) is 25.6 Å². The van der Waals surface area contributed by atoms with Gasteiger partial charge in [-0.25, -0.2) is 8.78 Å². The van der Waals surface area contributed by atoms with Crippen molar-refractivity contribution in [2.24, 2.45) is 0 Å². The monoisotopic (exact) mass is 295 g/mol. The second-order valence-electron chi connectivity index (χ2n) is 4.04. The Balaban J connectivity index is 2.63. The minimum atomic E-state index is -0.816. The van der Waals surface area contributed by atoms with Crippen molar-refractivity contribution in [1.82, 2.24) is 5.32 Å². The van der Waals surface area contributed by atoms with Crippen molar-refractivity contribution in [3.05, 3.63) is 41.6 Å². The molecule has 0 aromatic heterocycles. The summed E-state index contributed by atoms with van der Waals surface area (Å²) in [5.41, 5.74) is -0.243. The second kappa shape index (κ2) is 8.66. The summed E-state index contributed by atoms with van der Waals surface area (Å²) in [7, 11) is 1.55. The predicted molar refractivity (Wildman–Crippen MR) is 73.2 cm³/mol. The van der Waals surface area contributed by atoms with Crippen LogP contribution in [0.1, 0.15) is 6.42 Å². The van der Waals surface area contributed by atoms with Gasteiger partial charge in [0, 0.05) is 32.5 Å². The average Bonchev–Trinajstić information content (AvgIpc) is 2.46. The number of nitriles is 1. The van der Waals surface area contributed by atoms with Crippen molar-refractivity contribution in [3.8, 4) is 6.07 Å². The molecule has 0 saturated carbocycles. The van der Waals surface area contributed by atoms with E-state index in [1.54, 1.807) is 13.2 Å². The van der Waals surface area contributed by atoms with Gasteiger partial charge in [-0.05, 0) is 18.6 Å². The lowest BCUT2D eigenvalue weighted by atomic mass is 10.2. The lowest BCUT2D eigenvalue weighted by molar-refractivity contribution is -0.117. The number of anilines is 1. The van der Waals surface area contributed by atoms with Gasteiger partial charge in [0.2, 0.25) is 0 Å². The first kappa shape index (κ1) is 16.6. The van der Waals surface area contributed by atoms with E-state index in [-0.39, 0.29) is 11.3 Å². The van der Waals surface area contributed by atoms with Gasteiger partial charge in [0.1, 0.15) is 23.3 Å². The minimum Gasteiger partial charge on any atom is -0.385 e. The van der Waals surface area contributed by atoms with Gasteiger partial charge in [-0.3, -0.25) is 4.79 Å². The quantitative estimate of drug-likeness (QED) is 0.458. The molecule has 0 saturated heterocycles. The molecule has 0 fully saturated rings.